The minimum absolute atomic E-state index is 0.0893. The van der Waals surface area contributed by atoms with Gasteiger partial charge >= 0.3 is 39.5 Å². The van der Waals surface area contributed by atoms with Crippen LogP contribution in [0.15, 0.2) is 97.2 Å². The van der Waals surface area contributed by atoms with Crippen molar-refractivity contribution in [1.82, 2.24) is 0 Å². The first kappa shape index (κ1) is 96.0. The molecule has 0 fully saturated rings. The van der Waals surface area contributed by atoms with Crippen molar-refractivity contribution in [2.45, 2.75) is 354 Å². The van der Waals surface area contributed by atoms with Gasteiger partial charge in [0.15, 0.2) is 12.2 Å². The van der Waals surface area contributed by atoms with Gasteiger partial charge in [0.1, 0.15) is 19.3 Å². The average molecular weight is 1450 g/mol. The Morgan fingerprint density at radius 2 is 0.520 bits per heavy atom. The highest BCUT2D eigenvalue weighted by Gasteiger charge is 2.30. The van der Waals surface area contributed by atoms with Crippen LogP contribution in [0, 0.1) is 0 Å². The van der Waals surface area contributed by atoms with Crippen molar-refractivity contribution in [1.29, 1.82) is 0 Å². The van der Waals surface area contributed by atoms with Gasteiger partial charge in [0.05, 0.1) is 26.4 Å². The predicted octanol–water partition coefficient (Wildman–Crippen LogP) is 22.8. The van der Waals surface area contributed by atoms with E-state index in [1.165, 1.54) is 116 Å². The molecule has 0 rings (SSSR count). The summed E-state index contributed by atoms with van der Waals surface area (Å²) in [6.07, 6.45) is 76.8. The highest BCUT2D eigenvalue weighted by Crippen LogP contribution is 2.45. The fourth-order valence-corrected chi connectivity index (χ4v) is 12.2. The molecule has 0 aliphatic rings. The maximum atomic E-state index is 13.1. The largest absolute Gasteiger partial charge is 0.472 e. The van der Waals surface area contributed by atoms with E-state index >= 15 is 0 Å². The van der Waals surface area contributed by atoms with E-state index in [4.69, 9.17) is 37.0 Å². The molecule has 17 nitrogen and oxygen atoms in total. The van der Waals surface area contributed by atoms with Crippen LogP contribution in [0.3, 0.4) is 0 Å². The van der Waals surface area contributed by atoms with Gasteiger partial charge in [-0.15, -0.1) is 0 Å². The molecule has 0 heterocycles. The number of aliphatic hydroxyl groups is 1. The van der Waals surface area contributed by atoms with Gasteiger partial charge in [0.25, 0.3) is 0 Å². The molecule has 578 valence electrons. The third-order valence-corrected chi connectivity index (χ3v) is 18.5. The lowest BCUT2D eigenvalue weighted by atomic mass is 10.0. The first-order valence-electron chi connectivity index (χ1n) is 39.5. The van der Waals surface area contributed by atoms with Crippen molar-refractivity contribution >= 4 is 39.5 Å². The van der Waals surface area contributed by atoms with E-state index in [0.29, 0.717) is 25.7 Å². The lowest BCUT2D eigenvalue weighted by Crippen LogP contribution is -2.30. The molecule has 0 aliphatic heterocycles. The fraction of sp³-hybridized carbons (Fsp3) is 0.753. The van der Waals surface area contributed by atoms with Crippen LogP contribution in [-0.2, 0) is 65.4 Å². The summed E-state index contributed by atoms with van der Waals surface area (Å²) in [5.74, 6) is -2.23. The second-order valence-corrected chi connectivity index (χ2v) is 29.2. The predicted molar refractivity (Wildman–Crippen MR) is 409 cm³/mol. The van der Waals surface area contributed by atoms with Crippen molar-refractivity contribution < 1.29 is 80.2 Å². The van der Waals surface area contributed by atoms with Gasteiger partial charge in [-0.25, -0.2) is 9.13 Å². The number of carbonyl (C=O) groups is 4. The molecule has 19 heteroatoms. The van der Waals surface area contributed by atoms with Crippen LogP contribution in [0.5, 0.6) is 0 Å². The maximum absolute atomic E-state index is 13.1. The van der Waals surface area contributed by atoms with E-state index in [0.717, 1.165) is 141 Å². The SMILES string of the molecule is CC/C=C\C/C=C\C/C=C\C/C=C\CCCCCCC(=O)OCC(COP(=O)(O)OCC(O)COP(=O)(O)OCC(COC(=O)CCCC/C=C\C/C=C\C/C=C\C/C=C\CC)OC(=O)CCCCCCCCCCCCCCCCC)OC(=O)CCCCCCCCCCCCCCC. The second-order valence-electron chi connectivity index (χ2n) is 26.3. The van der Waals surface area contributed by atoms with E-state index in [9.17, 15) is 43.2 Å². The molecule has 0 radical (unpaired) electrons. The van der Waals surface area contributed by atoms with E-state index in [1.807, 2.05) is 0 Å². The molecule has 0 aliphatic carbocycles. The molecule has 5 atom stereocenters. The quantitative estimate of drug-likeness (QED) is 0.0169. The van der Waals surface area contributed by atoms with Gasteiger partial charge in [0, 0.05) is 25.7 Å². The van der Waals surface area contributed by atoms with Gasteiger partial charge < -0.3 is 33.8 Å². The Balaban J connectivity index is 5.37. The summed E-state index contributed by atoms with van der Waals surface area (Å²) in [6, 6.07) is 0. The first-order valence-corrected chi connectivity index (χ1v) is 42.5. The smallest absolute Gasteiger partial charge is 0.462 e. The summed E-state index contributed by atoms with van der Waals surface area (Å²) in [6.45, 7) is 4.62. The van der Waals surface area contributed by atoms with Gasteiger partial charge in [-0.2, -0.15) is 0 Å². The van der Waals surface area contributed by atoms with Crippen LogP contribution < -0.4 is 0 Å². The van der Waals surface area contributed by atoms with Crippen molar-refractivity contribution in [3.63, 3.8) is 0 Å². The minimum atomic E-state index is -4.98. The summed E-state index contributed by atoms with van der Waals surface area (Å²) in [5.41, 5.74) is 0. The fourth-order valence-electron chi connectivity index (χ4n) is 10.6. The molecule has 0 bridgehead atoms. The zero-order valence-electron chi connectivity index (χ0n) is 63.1. The van der Waals surface area contributed by atoms with Crippen molar-refractivity contribution in [3.05, 3.63) is 97.2 Å². The Bertz CT molecular complexity index is 2270. The Labute approximate surface area is 607 Å². The summed E-state index contributed by atoms with van der Waals surface area (Å²) in [4.78, 5) is 72.9. The summed E-state index contributed by atoms with van der Waals surface area (Å²) < 4.78 is 68.5. The van der Waals surface area contributed by atoms with Gasteiger partial charge in [0.2, 0.25) is 0 Å². The van der Waals surface area contributed by atoms with Gasteiger partial charge in [-0.1, -0.05) is 305 Å². The number of aliphatic hydroxyl groups excluding tert-OH is 1. The molecule has 0 aromatic rings. The van der Waals surface area contributed by atoms with E-state index in [-0.39, 0.29) is 25.7 Å². The Kier molecular flexibility index (Phi) is 70.4. The van der Waals surface area contributed by atoms with Crippen LogP contribution in [-0.4, -0.2) is 96.7 Å². The monoisotopic (exact) mass is 1450 g/mol. The topological polar surface area (TPSA) is 237 Å². The number of unbranched alkanes of at least 4 members (excludes halogenated alkanes) is 32. The molecular formula is C81H142O17P2. The number of hydrogen-bond donors (Lipinski definition) is 3. The van der Waals surface area contributed by atoms with Crippen molar-refractivity contribution in [2.24, 2.45) is 0 Å². The van der Waals surface area contributed by atoms with Gasteiger partial charge in [-0.3, -0.25) is 37.3 Å². The van der Waals surface area contributed by atoms with Crippen LogP contribution in [0.1, 0.15) is 336 Å². The third kappa shape index (κ3) is 72.3. The molecule has 0 amide bonds. The summed E-state index contributed by atoms with van der Waals surface area (Å²) >= 11 is 0. The Morgan fingerprint density at radius 3 is 0.820 bits per heavy atom. The highest BCUT2D eigenvalue weighted by molar-refractivity contribution is 7.47. The number of esters is 4. The number of phosphoric ester groups is 2. The summed E-state index contributed by atoms with van der Waals surface area (Å²) in [7, 11) is -9.96. The Morgan fingerprint density at radius 1 is 0.290 bits per heavy atom. The van der Waals surface area contributed by atoms with Crippen LogP contribution in [0.2, 0.25) is 0 Å². The molecule has 0 aromatic heterocycles. The molecule has 0 saturated carbocycles. The molecule has 3 N–H and O–H groups in total. The molecular weight excluding hydrogens is 1310 g/mol. The number of carbonyl (C=O) groups excluding carboxylic acids is 4. The molecule has 100 heavy (non-hydrogen) atoms. The average Bonchev–Trinajstić information content (AvgIpc) is 0.965. The first-order chi connectivity index (χ1) is 48.7. The standard InChI is InChI=1S/C81H142O17P2/c1-5-9-13-17-21-25-29-33-36-37-40-43-46-50-54-58-62-66-79(84)92-71-76(97-80(85)67-63-59-55-51-47-41-32-28-24-20-16-12-8-4)73-95-99(87,88)93-69-75(82)70-94-100(89,90)96-74-77(98-81(86)68-64-60-56-52-48-44-39-35-31-27-23-19-15-11-7-3)72-91-78(83)65-61-57-53-49-45-42-38-34-30-26-22-18-14-10-6-2/h9-10,13-14,21-22,25-26,33-34,36,38,40,43,45,49,75-77,82H,5-8,11-12,15-20,23-24,27-32,35,37,39,41-42,44,46-48,50-74H2,1-4H3,(H,87,88)(H,89,90)/b13-9-,14-10-,25-21-,26-22-,36-33-,38-34-,43-40-,49-45-. The van der Waals surface area contributed by atoms with Gasteiger partial charge in [-0.05, 0) is 103 Å². The number of rotatable bonds is 74. The van der Waals surface area contributed by atoms with E-state index < -0.39 is 97.5 Å². The summed E-state index contributed by atoms with van der Waals surface area (Å²) in [5, 5.41) is 10.6. The maximum Gasteiger partial charge on any atom is 0.472 e. The Hall–Kier alpha value is -4.02. The second kappa shape index (κ2) is 73.3. The lowest BCUT2D eigenvalue weighted by Gasteiger charge is -2.21. The normalized spacial score (nSPS) is 14.4. The number of ether oxygens (including phenoxy) is 4. The van der Waals surface area contributed by atoms with Crippen molar-refractivity contribution in [2.75, 3.05) is 39.6 Å². The van der Waals surface area contributed by atoms with Crippen LogP contribution >= 0.6 is 15.6 Å². The van der Waals surface area contributed by atoms with Crippen molar-refractivity contribution in [3.8, 4) is 0 Å². The highest BCUT2D eigenvalue weighted by atomic mass is 31.2. The van der Waals surface area contributed by atoms with Crippen LogP contribution in [0.25, 0.3) is 0 Å². The zero-order chi connectivity index (χ0) is 73.2. The molecule has 0 spiro atoms. The number of hydrogen-bond acceptors (Lipinski definition) is 15. The van der Waals surface area contributed by atoms with Crippen LogP contribution in [0.4, 0.5) is 0 Å². The minimum Gasteiger partial charge on any atom is -0.462 e. The lowest BCUT2D eigenvalue weighted by molar-refractivity contribution is -0.161. The zero-order valence-corrected chi connectivity index (χ0v) is 64.9. The molecule has 5 unspecified atom stereocenters. The van der Waals surface area contributed by atoms with E-state index in [1.54, 1.807) is 0 Å². The third-order valence-electron chi connectivity index (χ3n) is 16.6. The molecule has 0 aromatic carbocycles. The number of allylic oxidation sites excluding steroid dienone is 16. The van der Waals surface area contributed by atoms with E-state index in [2.05, 4.69) is 125 Å². The molecule has 0 saturated heterocycles. The number of phosphoric acid groups is 2.